The summed E-state index contributed by atoms with van der Waals surface area (Å²) in [6, 6.07) is 0.574. The molecule has 1 heterocycles. The second-order valence-electron chi connectivity index (χ2n) is 5.37. The van der Waals surface area contributed by atoms with Crippen molar-refractivity contribution in [1.29, 1.82) is 0 Å². The highest BCUT2D eigenvalue weighted by atomic mass is 16.5. The molecule has 6 heteroatoms. The average Bonchev–Trinajstić information content (AvgIpc) is 2.90. The lowest BCUT2D eigenvalue weighted by molar-refractivity contribution is 0.162. The number of ether oxygens (including phenoxy) is 1. The van der Waals surface area contributed by atoms with Gasteiger partial charge in [0.15, 0.2) is 5.96 Å². The summed E-state index contributed by atoms with van der Waals surface area (Å²) in [5.74, 6) is 0.563. The maximum Gasteiger partial charge on any atom is 0.188 e. The van der Waals surface area contributed by atoms with Gasteiger partial charge in [0.05, 0.1) is 13.2 Å². The Morgan fingerprint density at radius 3 is 3.00 bits per heavy atom. The van der Waals surface area contributed by atoms with Crippen LogP contribution >= 0.6 is 0 Å². The molecule has 1 aliphatic rings. The van der Waals surface area contributed by atoms with Crippen LogP contribution in [-0.2, 0) is 4.74 Å². The van der Waals surface area contributed by atoms with E-state index in [0.29, 0.717) is 12.0 Å². The summed E-state index contributed by atoms with van der Waals surface area (Å²) in [5.41, 5.74) is 5.90. The number of hydrogen-bond donors (Lipinski definition) is 2. The number of likely N-dealkylation sites (N-methyl/N-ethyl adjacent to an activating group) is 2. The van der Waals surface area contributed by atoms with Crippen molar-refractivity contribution < 1.29 is 4.74 Å². The number of nitrogens with one attached hydrogen (secondary N) is 1. The van der Waals surface area contributed by atoms with Crippen molar-refractivity contribution in [3.8, 4) is 0 Å². The van der Waals surface area contributed by atoms with Crippen molar-refractivity contribution in [2.24, 2.45) is 10.7 Å². The van der Waals surface area contributed by atoms with E-state index in [-0.39, 0.29) is 0 Å². The molecular weight excluding hydrogens is 254 g/mol. The monoisotopic (exact) mass is 285 g/mol. The first-order valence-electron chi connectivity index (χ1n) is 7.62. The van der Waals surface area contributed by atoms with Crippen LogP contribution in [0.25, 0.3) is 0 Å². The van der Waals surface area contributed by atoms with Crippen molar-refractivity contribution in [3.63, 3.8) is 0 Å². The minimum atomic E-state index is 0.563. The first-order valence-corrected chi connectivity index (χ1v) is 7.62. The van der Waals surface area contributed by atoms with Crippen LogP contribution in [0.3, 0.4) is 0 Å². The maximum atomic E-state index is 5.90. The smallest absolute Gasteiger partial charge is 0.188 e. The van der Waals surface area contributed by atoms with Gasteiger partial charge in [-0.1, -0.05) is 6.92 Å². The van der Waals surface area contributed by atoms with Crippen molar-refractivity contribution >= 4 is 5.96 Å². The molecule has 1 atom stereocenters. The highest BCUT2D eigenvalue weighted by Crippen LogP contribution is 2.16. The third kappa shape index (κ3) is 6.54. The van der Waals surface area contributed by atoms with E-state index in [0.717, 1.165) is 39.3 Å². The molecule has 6 nitrogen and oxygen atoms in total. The first kappa shape index (κ1) is 17.2. The zero-order valence-electron chi connectivity index (χ0n) is 13.3. The molecule has 1 aliphatic heterocycles. The van der Waals surface area contributed by atoms with Crippen molar-refractivity contribution in [2.45, 2.75) is 25.8 Å². The van der Waals surface area contributed by atoms with Crippen molar-refractivity contribution in [2.75, 3.05) is 60.0 Å². The molecule has 0 aromatic rings. The molecule has 1 fully saturated rings. The lowest BCUT2D eigenvalue weighted by atomic mass is 10.2. The van der Waals surface area contributed by atoms with Crippen LogP contribution in [0, 0.1) is 0 Å². The second-order valence-corrected chi connectivity index (χ2v) is 5.37. The van der Waals surface area contributed by atoms with E-state index in [1.807, 2.05) is 0 Å². The van der Waals surface area contributed by atoms with Gasteiger partial charge >= 0.3 is 0 Å². The molecule has 0 aromatic carbocycles. The molecule has 0 radical (unpaired) electrons. The number of aliphatic imine (C=N–C) groups is 1. The van der Waals surface area contributed by atoms with E-state index >= 15 is 0 Å². The molecule has 0 aromatic heterocycles. The molecular formula is C14H31N5O. The summed E-state index contributed by atoms with van der Waals surface area (Å²) in [7, 11) is 3.80. The Hall–Kier alpha value is -0.850. The molecule has 0 bridgehead atoms. The summed E-state index contributed by atoms with van der Waals surface area (Å²) in [4.78, 5) is 9.15. The number of nitrogens with two attached hydrogens (primary N) is 1. The van der Waals surface area contributed by atoms with Gasteiger partial charge in [0.2, 0.25) is 0 Å². The van der Waals surface area contributed by atoms with Gasteiger partial charge in [-0.25, -0.2) is 0 Å². The van der Waals surface area contributed by atoms with Gasteiger partial charge in [-0.05, 0) is 33.0 Å². The third-order valence-corrected chi connectivity index (χ3v) is 3.85. The second kappa shape index (κ2) is 9.96. The highest BCUT2D eigenvalue weighted by Gasteiger charge is 2.22. The fourth-order valence-electron chi connectivity index (χ4n) is 2.51. The number of likely N-dealkylation sites (tertiary alicyclic amines) is 1. The quantitative estimate of drug-likeness (QED) is 0.459. The van der Waals surface area contributed by atoms with Crippen LogP contribution in [0.15, 0.2) is 4.99 Å². The lowest BCUT2D eigenvalue weighted by Crippen LogP contribution is -2.39. The van der Waals surface area contributed by atoms with Crippen LogP contribution in [0.2, 0.25) is 0 Å². The standard InChI is InChI=1S/C14H31N5O/c1-4-19-8-5-6-13(19)12-17-14(15)16-7-9-18(2)10-11-20-3/h13H,4-12H2,1-3H3,(H3,15,16,17). The molecule has 0 spiro atoms. The largest absolute Gasteiger partial charge is 0.383 e. The molecule has 1 rings (SSSR count). The minimum Gasteiger partial charge on any atom is -0.383 e. The molecule has 0 amide bonds. The summed E-state index contributed by atoms with van der Waals surface area (Å²) in [6.45, 7) is 8.77. The number of methoxy groups -OCH3 is 1. The van der Waals surface area contributed by atoms with Crippen LogP contribution in [0.4, 0.5) is 0 Å². The van der Waals surface area contributed by atoms with E-state index < -0.39 is 0 Å². The Morgan fingerprint density at radius 1 is 1.50 bits per heavy atom. The highest BCUT2D eigenvalue weighted by molar-refractivity contribution is 5.77. The zero-order valence-corrected chi connectivity index (χ0v) is 13.3. The van der Waals surface area contributed by atoms with Crippen LogP contribution in [-0.4, -0.2) is 81.8 Å². The summed E-state index contributed by atoms with van der Waals surface area (Å²) >= 11 is 0. The average molecular weight is 285 g/mol. The number of guanidine groups is 1. The van der Waals surface area contributed by atoms with E-state index in [9.17, 15) is 0 Å². The normalized spacial score (nSPS) is 20.8. The predicted octanol–water partition coefficient (Wildman–Crippen LogP) is -0.0468. The summed E-state index contributed by atoms with van der Waals surface area (Å²) in [6.07, 6.45) is 2.52. The molecule has 1 unspecified atom stereocenters. The number of nitrogens with zero attached hydrogens (tertiary/aromatic N) is 3. The molecule has 118 valence electrons. The predicted molar refractivity (Wildman–Crippen MR) is 84.1 cm³/mol. The minimum absolute atomic E-state index is 0.563. The van der Waals surface area contributed by atoms with E-state index in [1.54, 1.807) is 7.11 Å². The lowest BCUT2D eigenvalue weighted by Gasteiger charge is -2.21. The topological polar surface area (TPSA) is 66.1 Å². The van der Waals surface area contributed by atoms with Gasteiger partial charge in [-0.2, -0.15) is 0 Å². The van der Waals surface area contributed by atoms with E-state index in [2.05, 4.69) is 34.1 Å². The fourth-order valence-corrected chi connectivity index (χ4v) is 2.51. The molecule has 0 aliphatic carbocycles. The number of rotatable bonds is 9. The fraction of sp³-hybridized carbons (Fsp3) is 0.929. The summed E-state index contributed by atoms with van der Waals surface area (Å²) in [5, 5.41) is 3.17. The van der Waals surface area contributed by atoms with Crippen molar-refractivity contribution in [3.05, 3.63) is 0 Å². The van der Waals surface area contributed by atoms with Gasteiger partial charge in [0, 0.05) is 32.8 Å². The number of hydrogen-bond acceptors (Lipinski definition) is 4. The van der Waals surface area contributed by atoms with Crippen LogP contribution in [0.1, 0.15) is 19.8 Å². The Balaban J connectivity index is 2.15. The van der Waals surface area contributed by atoms with Crippen molar-refractivity contribution in [1.82, 2.24) is 15.1 Å². The van der Waals surface area contributed by atoms with Gasteiger partial charge in [-0.3, -0.25) is 9.89 Å². The Labute approximate surface area is 123 Å². The van der Waals surface area contributed by atoms with Gasteiger partial charge < -0.3 is 20.7 Å². The van der Waals surface area contributed by atoms with E-state index in [1.165, 1.54) is 19.4 Å². The van der Waals surface area contributed by atoms with Gasteiger partial charge in [0.25, 0.3) is 0 Å². The van der Waals surface area contributed by atoms with Crippen LogP contribution < -0.4 is 11.1 Å². The summed E-state index contributed by atoms with van der Waals surface area (Å²) < 4.78 is 5.04. The molecule has 3 N–H and O–H groups in total. The zero-order chi connectivity index (χ0) is 14.8. The van der Waals surface area contributed by atoms with E-state index in [4.69, 9.17) is 10.5 Å². The molecule has 20 heavy (non-hydrogen) atoms. The maximum absolute atomic E-state index is 5.90. The Bertz CT molecular complexity index is 285. The van der Waals surface area contributed by atoms with Gasteiger partial charge in [0.1, 0.15) is 0 Å². The Morgan fingerprint density at radius 2 is 2.30 bits per heavy atom. The Kier molecular flexibility index (Phi) is 8.57. The van der Waals surface area contributed by atoms with Gasteiger partial charge in [-0.15, -0.1) is 0 Å². The third-order valence-electron chi connectivity index (χ3n) is 3.85. The first-order chi connectivity index (χ1) is 9.67. The SMILES string of the molecule is CCN1CCCC1CN=C(N)NCCN(C)CCOC. The molecule has 1 saturated heterocycles. The molecule has 0 saturated carbocycles. The van der Waals surface area contributed by atoms with Crippen LogP contribution in [0.5, 0.6) is 0 Å².